The lowest BCUT2D eigenvalue weighted by molar-refractivity contribution is 0.385. The summed E-state index contributed by atoms with van der Waals surface area (Å²) in [4.78, 5) is 4.63. The molecule has 3 rings (SSSR count). The molecule has 0 amide bonds. The second-order valence-corrected chi connectivity index (χ2v) is 5.76. The summed E-state index contributed by atoms with van der Waals surface area (Å²) in [5.41, 5.74) is 4.49. The van der Waals surface area contributed by atoms with Crippen molar-refractivity contribution in [2.75, 3.05) is 14.2 Å². The second-order valence-electron chi connectivity index (χ2n) is 5.76. The summed E-state index contributed by atoms with van der Waals surface area (Å²) in [5.74, 6) is 1.63. The Morgan fingerprint density at radius 2 is 2.22 bits per heavy atom. The Bertz CT molecular complexity index is 506. The first-order valence-corrected chi connectivity index (χ1v) is 6.83. The average Bonchev–Trinajstić information content (AvgIpc) is 2.38. The second kappa shape index (κ2) is 4.11. The van der Waals surface area contributed by atoms with Gasteiger partial charge >= 0.3 is 0 Å². The van der Waals surface area contributed by atoms with Gasteiger partial charge < -0.3 is 4.74 Å². The monoisotopic (exact) mass is 243 g/mol. The van der Waals surface area contributed by atoms with E-state index in [-0.39, 0.29) is 5.41 Å². The number of ether oxygens (including phenoxy) is 1. The highest BCUT2D eigenvalue weighted by Crippen LogP contribution is 2.47. The molecule has 1 aromatic rings. The van der Waals surface area contributed by atoms with Gasteiger partial charge in [-0.3, -0.25) is 4.99 Å². The SMILES string of the molecule is CN=C1C2CCC[C@]1(C)c1cc(OC)ccc1C2. The summed E-state index contributed by atoms with van der Waals surface area (Å²) in [5, 5.41) is 0. The highest BCUT2D eigenvalue weighted by Gasteiger charge is 2.44. The minimum absolute atomic E-state index is 0.139. The average molecular weight is 243 g/mol. The summed E-state index contributed by atoms with van der Waals surface area (Å²) in [6.45, 7) is 2.36. The van der Waals surface area contributed by atoms with Crippen molar-refractivity contribution in [3.63, 3.8) is 0 Å². The minimum Gasteiger partial charge on any atom is -0.497 e. The molecule has 1 unspecified atom stereocenters. The van der Waals surface area contributed by atoms with E-state index < -0.39 is 0 Å². The number of nitrogens with zero attached hydrogens (tertiary/aromatic N) is 1. The van der Waals surface area contributed by atoms with E-state index in [9.17, 15) is 0 Å². The lowest BCUT2D eigenvalue weighted by Gasteiger charge is -2.45. The van der Waals surface area contributed by atoms with E-state index in [0.717, 1.165) is 12.2 Å². The predicted octanol–water partition coefficient (Wildman–Crippen LogP) is 3.38. The smallest absolute Gasteiger partial charge is 0.119 e. The van der Waals surface area contributed by atoms with Gasteiger partial charge in [0.2, 0.25) is 0 Å². The number of methoxy groups -OCH3 is 1. The van der Waals surface area contributed by atoms with E-state index in [2.05, 4.69) is 30.1 Å². The van der Waals surface area contributed by atoms with Crippen molar-refractivity contribution in [3.8, 4) is 5.75 Å². The molecule has 0 spiro atoms. The fraction of sp³-hybridized carbons (Fsp3) is 0.562. The van der Waals surface area contributed by atoms with E-state index in [4.69, 9.17) is 4.74 Å². The maximum Gasteiger partial charge on any atom is 0.119 e. The zero-order valence-electron chi connectivity index (χ0n) is 11.5. The van der Waals surface area contributed by atoms with Crippen LogP contribution in [0.25, 0.3) is 0 Å². The van der Waals surface area contributed by atoms with Gasteiger partial charge in [0.25, 0.3) is 0 Å². The van der Waals surface area contributed by atoms with Gasteiger partial charge in [-0.2, -0.15) is 0 Å². The van der Waals surface area contributed by atoms with Crippen LogP contribution in [-0.4, -0.2) is 19.9 Å². The van der Waals surface area contributed by atoms with Crippen LogP contribution in [0.3, 0.4) is 0 Å². The molecule has 0 heterocycles. The highest BCUT2D eigenvalue weighted by atomic mass is 16.5. The molecule has 2 aliphatic rings. The Kier molecular flexibility index (Phi) is 2.69. The number of benzene rings is 1. The molecule has 2 nitrogen and oxygen atoms in total. The number of rotatable bonds is 1. The summed E-state index contributed by atoms with van der Waals surface area (Å²) in [6.07, 6.45) is 4.99. The summed E-state index contributed by atoms with van der Waals surface area (Å²) in [7, 11) is 3.70. The van der Waals surface area contributed by atoms with Gasteiger partial charge in [0, 0.05) is 24.1 Å². The van der Waals surface area contributed by atoms with Crippen molar-refractivity contribution in [3.05, 3.63) is 29.3 Å². The van der Waals surface area contributed by atoms with Crippen molar-refractivity contribution in [2.45, 2.75) is 38.0 Å². The Labute approximate surface area is 109 Å². The van der Waals surface area contributed by atoms with Crippen molar-refractivity contribution < 1.29 is 4.74 Å². The predicted molar refractivity (Wildman–Crippen MR) is 74.8 cm³/mol. The zero-order chi connectivity index (χ0) is 12.8. The fourth-order valence-corrected chi connectivity index (χ4v) is 3.96. The van der Waals surface area contributed by atoms with Crippen LogP contribution in [0.2, 0.25) is 0 Å². The molecule has 1 fully saturated rings. The molecular weight excluding hydrogens is 222 g/mol. The number of hydrogen-bond acceptors (Lipinski definition) is 2. The molecule has 0 radical (unpaired) electrons. The van der Waals surface area contributed by atoms with Crippen molar-refractivity contribution in [1.82, 2.24) is 0 Å². The molecule has 2 bridgehead atoms. The quantitative estimate of drug-likeness (QED) is 0.741. The lowest BCUT2D eigenvalue weighted by atomic mass is 9.59. The molecule has 0 saturated heterocycles. The first-order chi connectivity index (χ1) is 8.69. The van der Waals surface area contributed by atoms with Gasteiger partial charge in [-0.05, 0) is 42.5 Å². The van der Waals surface area contributed by atoms with Crippen LogP contribution in [0.4, 0.5) is 0 Å². The van der Waals surface area contributed by atoms with Gasteiger partial charge in [-0.1, -0.05) is 19.4 Å². The molecule has 2 aliphatic carbocycles. The van der Waals surface area contributed by atoms with Crippen LogP contribution in [0.15, 0.2) is 23.2 Å². The van der Waals surface area contributed by atoms with E-state index in [1.807, 2.05) is 7.05 Å². The molecule has 0 aromatic heterocycles. The molecule has 1 aromatic carbocycles. The van der Waals surface area contributed by atoms with Crippen molar-refractivity contribution in [1.29, 1.82) is 0 Å². The zero-order valence-corrected chi connectivity index (χ0v) is 11.5. The molecule has 2 heteroatoms. The van der Waals surface area contributed by atoms with E-state index in [0.29, 0.717) is 5.92 Å². The van der Waals surface area contributed by atoms with Crippen LogP contribution in [0.1, 0.15) is 37.3 Å². The summed E-state index contributed by atoms with van der Waals surface area (Å²) < 4.78 is 5.39. The van der Waals surface area contributed by atoms with Crippen molar-refractivity contribution >= 4 is 5.71 Å². The Morgan fingerprint density at radius 3 is 2.94 bits per heavy atom. The lowest BCUT2D eigenvalue weighted by Crippen LogP contribution is -2.46. The standard InChI is InChI=1S/C16H21NO/c1-16-8-4-5-12(15(16)17-2)9-11-6-7-13(18-3)10-14(11)16/h6-7,10,12H,4-5,8-9H2,1-3H3/t12?,16-/m1/s1. The van der Waals surface area contributed by atoms with Crippen LogP contribution in [0, 0.1) is 5.92 Å². The Hall–Kier alpha value is -1.31. The third kappa shape index (κ3) is 1.51. The fourth-order valence-electron chi connectivity index (χ4n) is 3.96. The van der Waals surface area contributed by atoms with E-state index in [1.165, 1.54) is 36.1 Å². The largest absolute Gasteiger partial charge is 0.497 e. The normalized spacial score (nSPS) is 32.2. The number of fused-ring (bicyclic) bond motifs is 4. The number of aliphatic imine (C=N–C) groups is 1. The molecule has 0 N–H and O–H groups in total. The molecular formula is C16H21NO. The van der Waals surface area contributed by atoms with Crippen LogP contribution >= 0.6 is 0 Å². The maximum atomic E-state index is 5.39. The van der Waals surface area contributed by atoms with Crippen LogP contribution in [0.5, 0.6) is 5.75 Å². The maximum absolute atomic E-state index is 5.39. The van der Waals surface area contributed by atoms with Gasteiger partial charge in [0.15, 0.2) is 0 Å². The van der Waals surface area contributed by atoms with Gasteiger partial charge in [-0.25, -0.2) is 0 Å². The summed E-state index contributed by atoms with van der Waals surface area (Å²) >= 11 is 0. The van der Waals surface area contributed by atoms with Crippen molar-refractivity contribution in [2.24, 2.45) is 10.9 Å². The molecule has 0 aliphatic heterocycles. The van der Waals surface area contributed by atoms with Gasteiger partial charge in [0.05, 0.1) is 7.11 Å². The first kappa shape index (κ1) is 11.8. The molecule has 1 saturated carbocycles. The minimum atomic E-state index is 0.139. The first-order valence-electron chi connectivity index (χ1n) is 6.83. The Morgan fingerprint density at radius 1 is 1.39 bits per heavy atom. The van der Waals surface area contributed by atoms with Crippen LogP contribution in [-0.2, 0) is 11.8 Å². The Balaban J connectivity index is 2.19. The number of hydrogen-bond donors (Lipinski definition) is 0. The third-order valence-corrected chi connectivity index (χ3v) is 4.80. The van der Waals surface area contributed by atoms with E-state index >= 15 is 0 Å². The van der Waals surface area contributed by atoms with E-state index in [1.54, 1.807) is 7.11 Å². The van der Waals surface area contributed by atoms with Gasteiger partial charge in [0.1, 0.15) is 5.75 Å². The molecule has 18 heavy (non-hydrogen) atoms. The molecule has 2 atom stereocenters. The highest BCUT2D eigenvalue weighted by molar-refractivity contribution is 5.99. The summed E-state index contributed by atoms with van der Waals surface area (Å²) in [6, 6.07) is 6.56. The van der Waals surface area contributed by atoms with Gasteiger partial charge in [-0.15, -0.1) is 0 Å². The third-order valence-electron chi connectivity index (χ3n) is 4.80. The molecule has 96 valence electrons. The van der Waals surface area contributed by atoms with Crippen LogP contribution < -0.4 is 4.74 Å². The topological polar surface area (TPSA) is 21.6 Å².